The van der Waals surface area contributed by atoms with Crippen LogP contribution in [-0.4, -0.2) is 50.7 Å². The van der Waals surface area contributed by atoms with Gasteiger partial charge in [0.15, 0.2) is 17.6 Å². The Bertz CT molecular complexity index is 827. The fourth-order valence-electron chi connectivity index (χ4n) is 3.92. The van der Waals surface area contributed by atoms with Gasteiger partial charge in [-0.1, -0.05) is 6.07 Å². The van der Waals surface area contributed by atoms with Gasteiger partial charge in [-0.15, -0.1) is 0 Å². The standard InChI is InChI=1S/C22H26N2O5/c1-27-19-6-5-16(11-20(19)28-2)22(26)21(29-14-25)10-15-7-9-24-13-18(15)17-4-3-8-23-12-17/h3-6,8,11-12,14-15,18,21,24H,7,9-10,13H2,1-2H3. The van der Waals surface area contributed by atoms with Crippen LogP contribution in [0.1, 0.15) is 34.7 Å². The molecule has 1 fully saturated rings. The zero-order chi connectivity index (χ0) is 20.6. The molecule has 1 saturated heterocycles. The van der Waals surface area contributed by atoms with Gasteiger partial charge < -0.3 is 19.5 Å². The van der Waals surface area contributed by atoms with Gasteiger partial charge in [0.25, 0.3) is 6.47 Å². The largest absolute Gasteiger partial charge is 0.493 e. The molecule has 1 aliphatic rings. The van der Waals surface area contributed by atoms with Crippen molar-refractivity contribution in [2.75, 3.05) is 27.3 Å². The van der Waals surface area contributed by atoms with Gasteiger partial charge >= 0.3 is 0 Å². The van der Waals surface area contributed by atoms with Crippen LogP contribution in [0, 0.1) is 5.92 Å². The third kappa shape index (κ3) is 4.92. The lowest BCUT2D eigenvalue weighted by atomic mass is 9.78. The number of carbonyl (C=O) groups excluding carboxylic acids is 2. The first-order valence-electron chi connectivity index (χ1n) is 9.64. The van der Waals surface area contributed by atoms with Gasteiger partial charge in [-0.05, 0) is 55.1 Å². The summed E-state index contributed by atoms with van der Waals surface area (Å²) in [6.07, 6.45) is 4.09. The average Bonchev–Trinajstić information content (AvgIpc) is 2.78. The van der Waals surface area contributed by atoms with E-state index < -0.39 is 6.10 Å². The van der Waals surface area contributed by atoms with Crippen LogP contribution in [0.15, 0.2) is 42.7 Å². The van der Waals surface area contributed by atoms with Crippen LogP contribution in [0.2, 0.25) is 0 Å². The summed E-state index contributed by atoms with van der Waals surface area (Å²) in [4.78, 5) is 28.5. The van der Waals surface area contributed by atoms with Crippen molar-refractivity contribution in [1.29, 1.82) is 0 Å². The quantitative estimate of drug-likeness (QED) is 0.513. The lowest BCUT2D eigenvalue weighted by Gasteiger charge is -2.34. The summed E-state index contributed by atoms with van der Waals surface area (Å²) in [5.41, 5.74) is 1.54. The number of pyridine rings is 1. The van der Waals surface area contributed by atoms with E-state index >= 15 is 0 Å². The minimum Gasteiger partial charge on any atom is -0.493 e. The molecular formula is C22H26N2O5. The normalized spacial score (nSPS) is 19.8. The van der Waals surface area contributed by atoms with Crippen molar-refractivity contribution in [3.63, 3.8) is 0 Å². The molecule has 3 unspecified atom stereocenters. The Kier molecular flexibility index (Phi) is 7.19. The lowest BCUT2D eigenvalue weighted by molar-refractivity contribution is -0.132. The third-order valence-electron chi connectivity index (χ3n) is 5.43. The van der Waals surface area contributed by atoms with Crippen LogP contribution in [0.4, 0.5) is 0 Å². The predicted octanol–water partition coefficient (Wildman–Crippen LogP) is 2.61. The number of carbonyl (C=O) groups is 2. The number of nitrogens with zero attached hydrogens (tertiary/aromatic N) is 1. The first kappa shape index (κ1) is 20.8. The number of piperidine rings is 1. The van der Waals surface area contributed by atoms with E-state index in [2.05, 4.69) is 10.3 Å². The van der Waals surface area contributed by atoms with Crippen LogP contribution in [0.5, 0.6) is 11.5 Å². The van der Waals surface area contributed by atoms with Crippen molar-refractivity contribution in [3.8, 4) is 11.5 Å². The maximum Gasteiger partial charge on any atom is 0.293 e. The molecule has 7 heteroatoms. The molecule has 1 aromatic carbocycles. The topological polar surface area (TPSA) is 86.8 Å². The molecular weight excluding hydrogens is 372 g/mol. The highest BCUT2D eigenvalue weighted by Gasteiger charge is 2.33. The molecule has 3 rings (SSSR count). The molecule has 1 N–H and O–H groups in total. The molecule has 3 atom stereocenters. The Morgan fingerprint density at radius 1 is 1.28 bits per heavy atom. The summed E-state index contributed by atoms with van der Waals surface area (Å²) in [6.45, 7) is 2.01. The number of ketones is 1. The van der Waals surface area contributed by atoms with Crippen LogP contribution >= 0.6 is 0 Å². The third-order valence-corrected chi connectivity index (χ3v) is 5.43. The van der Waals surface area contributed by atoms with Gasteiger partial charge in [0.05, 0.1) is 14.2 Å². The van der Waals surface area contributed by atoms with Gasteiger partial charge in [-0.2, -0.15) is 0 Å². The minimum atomic E-state index is -0.854. The van der Waals surface area contributed by atoms with Gasteiger partial charge in [0.2, 0.25) is 5.78 Å². The van der Waals surface area contributed by atoms with Crippen LogP contribution < -0.4 is 14.8 Å². The number of aromatic nitrogens is 1. The van der Waals surface area contributed by atoms with Crippen LogP contribution in [-0.2, 0) is 9.53 Å². The second kappa shape index (κ2) is 10.0. The van der Waals surface area contributed by atoms with E-state index in [-0.39, 0.29) is 17.6 Å². The molecule has 0 amide bonds. The van der Waals surface area contributed by atoms with Gasteiger partial charge in [-0.25, -0.2) is 0 Å². The monoisotopic (exact) mass is 398 g/mol. The van der Waals surface area contributed by atoms with E-state index in [1.54, 1.807) is 24.4 Å². The Morgan fingerprint density at radius 3 is 2.79 bits per heavy atom. The summed E-state index contributed by atoms with van der Waals surface area (Å²) in [5, 5.41) is 3.40. The van der Waals surface area contributed by atoms with Crippen LogP contribution in [0.3, 0.4) is 0 Å². The Balaban J connectivity index is 1.81. The van der Waals surface area contributed by atoms with E-state index in [0.29, 0.717) is 30.0 Å². The molecule has 154 valence electrons. The number of hydrogen-bond donors (Lipinski definition) is 1. The highest BCUT2D eigenvalue weighted by Crippen LogP contribution is 2.34. The summed E-state index contributed by atoms with van der Waals surface area (Å²) < 4.78 is 15.8. The van der Waals surface area contributed by atoms with E-state index in [0.717, 1.165) is 25.1 Å². The molecule has 2 heterocycles. The first-order valence-corrected chi connectivity index (χ1v) is 9.64. The predicted molar refractivity (Wildman–Crippen MR) is 107 cm³/mol. The molecule has 0 bridgehead atoms. The van der Waals surface area contributed by atoms with Crippen molar-refractivity contribution >= 4 is 12.3 Å². The minimum absolute atomic E-state index is 0.189. The SMILES string of the molecule is COc1ccc(C(=O)C(CC2CCNCC2c2cccnc2)OC=O)cc1OC. The van der Waals surface area contributed by atoms with Crippen molar-refractivity contribution in [2.24, 2.45) is 5.92 Å². The maximum absolute atomic E-state index is 13.1. The molecule has 0 spiro atoms. The van der Waals surface area contributed by atoms with Crippen molar-refractivity contribution in [1.82, 2.24) is 10.3 Å². The second-order valence-corrected chi connectivity index (χ2v) is 7.04. The van der Waals surface area contributed by atoms with E-state index in [9.17, 15) is 9.59 Å². The van der Waals surface area contributed by atoms with E-state index in [1.807, 2.05) is 18.3 Å². The van der Waals surface area contributed by atoms with Crippen molar-refractivity contribution in [2.45, 2.75) is 24.9 Å². The highest BCUT2D eigenvalue weighted by atomic mass is 16.5. The fourth-order valence-corrected chi connectivity index (χ4v) is 3.92. The smallest absolute Gasteiger partial charge is 0.293 e. The summed E-state index contributed by atoms with van der Waals surface area (Å²) in [6, 6.07) is 8.90. The number of methoxy groups -OCH3 is 2. The molecule has 2 aromatic rings. The first-order chi connectivity index (χ1) is 14.2. The van der Waals surface area contributed by atoms with Crippen molar-refractivity contribution < 1.29 is 23.8 Å². The maximum atomic E-state index is 13.1. The molecule has 0 radical (unpaired) electrons. The van der Waals surface area contributed by atoms with E-state index in [4.69, 9.17) is 14.2 Å². The highest BCUT2D eigenvalue weighted by molar-refractivity contribution is 6.00. The number of nitrogens with one attached hydrogen (secondary N) is 1. The van der Waals surface area contributed by atoms with Gasteiger partial charge in [0.1, 0.15) is 0 Å². The summed E-state index contributed by atoms with van der Waals surface area (Å²) >= 11 is 0. The summed E-state index contributed by atoms with van der Waals surface area (Å²) in [5.74, 6) is 1.13. The molecule has 0 saturated carbocycles. The van der Waals surface area contributed by atoms with Crippen molar-refractivity contribution in [3.05, 3.63) is 53.9 Å². The Labute approximate surface area is 170 Å². The van der Waals surface area contributed by atoms with Gasteiger partial charge in [0, 0.05) is 30.4 Å². The molecule has 29 heavy (non-hydrogen) atoms. The van der Waals surface area contributed by atoms with Crippen LogP contribution in [0.25, 0.3) is 0 Å². The molecule has 0 aliphatic carbocycles. The zero-order valence-corrected chi connectivity index (χ0v) is 16.7. The second-order valence-electron chi connectivity index (χ2n) is 7.04. The number of Topliss-reactive ketones (excluding diaryl/α,β-unsaturated/α-hetero) is 1. The molecule has 7 nitrogen and oxygen atoms in total. The summed E-state index contributed by atoms with van der Waals surface area (Å²) in [7, 11) is 3.05. The Morgan fingerprint density at radius 2 is 2.10 bits per heavy atom. The number of rotatable bonds is 9. The lowest BCUT2D eigenvalue weighted by Crippen LogP contribution is -2.38. The average molecular weight is 398 g/mol. The zero-order valence-electron chi connectivity index (χ0n) is 16.7. The Hall–Kier alpha value is -2.93. The molecule has 1 aromatic heterocycles. The number of benzene rings is 1. The van der Waals surface area contributed by atoms with E-state index in [1.165, 1.54) is 14.2 Å². The fraction of sp³-hybridized carbons (Fsp3) is 0.409. The molecule has 1 aliphatic heterocycles. The number of ether oxygens (including phenoxy) is 3. The van der Waals surface area contributed by atoms with Gasteiger partial charge in [-0.3, -0.25) is 14.6 Å². The number of hydrogen-bond acceptors (Lipinski definition) is 7.